The molecule has 1 unspecified atom stereocenters. The van der Waals surface area contributed by atoms with Crippen molar-refractivity contribution in [1.29, 1.82) is 0 Å². The molecule has 2 aromatic rings. The third-order valence-electron chi connectivity index (χ3n) is 4.41. The van der Waals surface area contributed by atoms with Crippen LogP contribution in [0.3, 0.4) is 0 Å². The highest BCUT2D eigenvalue weighted by atomic mass is 16.2. The Bertz CT molecular complexity index is 808. The van der Waals surface area contributed by atoms with E-state index in [1.165, 1.54) is 6.92 Å². The first kappa shape index (κ1) is 19.8. The molecule has 0 fully saturated rings. The first-order valence-corrected chi connectivity index (χ1v) is 9.07. The summed E-state index contributed by atoms with van der Waals surface area (Å²) < 4.78 is 1.81. The lowest BCUT2D eigenvalue weighted by Gasteiger charge is -2.18. The highest BCUT2D eigenvalue weighted by Crippen LogP contribution is 2.20. The number of carbonyl (C=O) groups excluding carboxylic acids is 3. The van der Waals surface area contributed by atoms with Gasteiger partial charge in [-0.25, -0.2) is 0 Å². The number of para-hydroxylation sites is 1. The van der Waals surface area contributed by atoms with Gasteiger partial charge in [0.2, 0.25) is 0 Å². The van der Waals surface area contributed by atoms with Gasteiger partial charge < -0.3 is 10.1 Å². The Labute approximate surface area is 153 Å². The number of unbranched alkanes of at least 4 members (excludes halogenated alkanes) is 1. The van der Waals surface area contributed by atoms with Crippen LogP contribution in [0, 0.1) is 5.92 Å². The van der Waals surface area contributed by atoms with E-state index in [9.17, 15) is 14.4 Å². The van der Waals surface area contributed by atoms with Crippen molar-refractivity contribution in [3.63, 3.8) is 0 Å². The van der Waals surface area contributed by atoms with Crippen LogP contribution in [-0.2, 0) is 16.1 Å². The van der Waals surface area contributed by atoms with Crippen LogP contribution in [0.4, 0.5) is 0 Å². The highest BCUT2D eigenvalue weighted by Gasteiger charge is 2.24. The molecule has 140 valence electrons. The molecule has 0 saturated carbocycles. The van der Waals surface area contributed by atoms with Crippen molar-refractivity contribution < 1.29 is 14.4 Å². The second-order valence-electron chi connectivity index (χ2n) is 7.05. The largest absolute Gasteiger partial charge is 0.341 e. The molecule has 0 aliphatic rings. The van der Waals surface area contributed by atoms with Crippen molar-refractivity contribution in [1.82, 2.24) is 15.1 Å². The second kappa shape index (κ2) is 8.74. The van der Waals surface area contributed by atoms with Gasteiger partial charge in [0.15, 0.2) is 11.5 Å². The lowest BCUT2D eigenvalue weighted by molar-refractivity contribution is -0.119. The Morgan fingerprint density at radius 3 is 2.42 bits per heavy atom. The van der Waals surface area contributed by atoms with E-state index in [0.717, 1.165) is 23.7 Å². The minimum absolute atomic E-state index is 0.0105. The average Bonchev–Trinajstić information content (AvgIpc) is 2.94. The molecule has 0 spiro atoms. The number of ketones is 2. The van der Waals surface area contributed by atoms with Crippen molar-refractivity contribution in [2.45, 2.75) is 59.5 Å². The zero-order valence-electron chi connectivity index (χ0n) is 15.9. The monoisotopic (exact) mass is 357 g/mol. The van der Waals surface area contributed by atoms with Crippen LogP contribution in [-0.4, -0.2) is 33.3 Å². The van der Waals surface area contributed by atoms with Crippen molar-refractivity contribution in [2.75, 3.05) is 0 Å². The van der Waals surface area contributed by atoms with Gasteiger partial charge in [0.25, 0.3) is 5.91 Å². The maximum atomic E-state index is 12.7. The molecule has 6 nitrogen and oxygen atoms in total. The van der Waals surface area contributed by atoms with Crippen molar-refractivity contribution in [3.05, 3.63) is 30.0 Å². The maximum Gasteiger partial charge on any atom is 0.273 e. The van der Waals surface area contributed by atoms with Gasteiger partial charge >= 0.3 is 0 Å². The number of Topliss-reactive ketones (excluding diaryl/α,β-unsaturated/α-hetero) is 2. The number of amides is 1. The number of hydrogen-bond donors (Lipinski definition) is 1. The summed E-state index contributed by atoms with van der Waals surface area (Å²) in [6, 6.07) is 7.04. The number of rotatable bonds is 9. The molecule has 1 N–H and O–H groups in total. The molecule has 0 saturated heterocycles. The van der Waals surface area contributed by atoms with Gasteiger partial charge in [0, 0.05) is 18.4 Å². The number of aromatic nitrogens is 2. The summed E-state index contributed by atoms with van der Waals surface area (Å²) in [5.41, 5.74) is 1.21. The Hall–Kier alpha value is -2.50. The maximum absolute atomic E-state index is 12.7. The molecule has 1 heterocycles. The smallest absolute Gasteiger partial charge is 0.273 e. The summed E-state index contributed by atoms with van der Waals surface area (Å²) in [5, 5.41) is 8.06. The normalized spacial score (nSPS) is 12.3. The molecule has 1 atom stereocenters. The third kappa shape index (κ3) is 4.77. The van der Waals surface area contributed by atoms with E-state index in [1.807, 2.05) is 42.8 Å². The molecule has 1 aromatic heterocycles. The molecule has 0 aliphatic carbocycles. The molecule has 6 heteroatoms. The van der Waals surface area contributed by atoms with E-state index >= 15 is 0 Å². The van der Waals surface area contributed by atoms with Crippen LogP contribution in [0.15, 0.2) is 24.3 Å². The fourth-order valence-electron chi connectivity index (χ4n) is 3.05. The van der Waals surface area contributed by atoms with Gasteiger partial charge in [-0.15, -0.1) is 0 Å². The van der Waals surface area contributed by atoms with E-state index in [0.29, 0.717) is 18.7 Å². The first-order valence-electron chi connectivity index (χ1n) is 9.07. The zero-order chi connectivity index (χ0) is 19.3. The summed E-state index contributed by atoms with van der Waals surface area (Å²) in [6.07, 6.45) is 2.17. The van der Waals surface area contributed by atoms with Crippen molar-refractivity contribution >= 4 is 28.4 Å². The minimum atomic E-state index is -0.526. The number of benzene rings is 1. The summed E-state index contributed by atoms with van der Waals surface area (Å²) >= 11 is 0. The van der Waals surface area contributed by atoms with E-state index in [1.54, 1.807) is 6.92 Å². The lowest BCUT2D eigenvalue weighted by Crippen LogP contribution is -2.43. The van der Waals surface area contributed by atoms with Gasteiger partial charge in [-0.3, -0.25) is 14.3 Å². The van der Waals surface area contributed by atoms with Crippen LogP contribution in [0.5, 0.6) is 0 Å². The minimum Gasteiger partial charge on any atom is -0.341 e. The van der Waals surface area contributed by atoms with Crippen molar-refractivity contribution in [3.8, 4) is 0 Å². The predicted molar refractivity (Wildman–Crippen MR) is 101 cm³/mol. The Morgan fingerprint density at radius 1 is 1.12 bits per heavy atom. The van der Waals surface area contributed by atoms with E-state index in [4.69, 9.17) is 0 Å². The quantitative estimate of drug-likeness (QED) is 0.699. The van der Waals surface area contributed by atoms with Gasteiger partial charge in [0.05, 0.1) is 11.6 Å². The van der Waals surface area contributed by atoms with Crippen LogP contribution >= 0.6 is 0 Å². The van der Waals surface area contributed by atoms with Gasteiger partial charge in [0.1, 0.15) is 5.78 Å². The zero-order valence-corrected chi connectivity index (χ0v) is 15.9. The fraction of sp³-hybridized carbons (Fsp3) is 0.500. The number of fused-ring (bicyclic) bond motifs is 1. The Balaban J connectivity index is 2.23. The third-order valence-corrected chi connectivity index (χ3v) is 4.41. The number of nitrogens with zero attached hydrogens (tertiary/aromatic N) is 2. The van der Waals surface area contributed by atoms with Crippen molar-refractivity contribution in [2.24, 2.45) is 5.92 Å². The molecule has 1 amide bonds. The molecule has 0 radical (unpaired) electrons. The van der Waals surface area contributed by atoms with E-state index < -0.39 is 6.04 Å². The summed E-state index contributed by atoms with van der Waals surface area (Å²) in [4.78, 5) is 35.6. The molecular formula is C20H27N3O3. The lowest BCUT2D eigenvalue weighted by atomic mass is 10.0. The number of nitrogens with one attached hydrogen (secondary N) is 1. The van der Waals surface area contributed by atoms with Gasteiger partial charge in [-0.05, 0) is 38.7 Å². The van der Waals surface area contributed by atoms with Crippen LogP contribution in [0.25, 0.3) is 10.9 Å². The van der Waals surface area contributed by atoms with Crippen LogP contribution < -0.4 is 5.32 Å². The molecular weight excluding hydrogens is 330 g/mol. The molecule has 26 heavy (non-hydrogen) atoms. The Kier molecular flexibility index (Phi) is 6.66. The fourth-order valence-corrected chi connectivity index (χ4v) is 3.05. The number of aryl methyl sites for hydroxylation is 1. The van der Waals surface area contributed by atoms with Gasteiger partial charge in [-0.2, -0.15) is 5.10 Å². The van der Waals surface area contributed by atoms with Gasteiger partial charge in [-0.1, -0.05) is 32.0 Å². The molecule has 1 aromatic carbocycles. The predicted octanol–water partition coefficient (Wildman–Crippen LogP) is 3.14. The summed E-state index contributed by atoms with van der Waals surface area (Å²) in [5.74, 6) is -0.213. The summed E-state index contributed by atoms with van der Waals surface area (Å²) in [7, 11) is 0. The van der Waals surface area contributed by atoms with Crippen LogP contribution in [0.2, 0.25) is 0 Å². The average molecular weight is 357 g/mol. The van der Waals surface area contributed by atoms with E-state index in [-0.39, 0.29) is 23.4 Å². The topological polar surface area (TPSA) is 81.1 Å². The Morgan fingerprint density at radius 2 is 1.81 bits per heavy atom. The number of carbonyl (C=O) groups is 3. The molecule has 2 rings (SSSR count). The standard InChI is InChI=1S/C20H27N3O3/c1-13(2)18(15(4)25)21-20(26)19-16-10-5-6-11-17(16)23(22-19)12-8-7-9-14(3)24/h5-6,10-11,13,18H,7-9,12H2,1-4H3,(H,21,26). The highest BCUT2D eigenvalue weighted by molar-refractivity contribution is 6.06. The second-order valence-corrected chi connectivity index (χ2v) is 7.05. The SMILES string of the molecule is CC(=O)CCCCn1nc(C(=O)NC(C(C)=O)C(C)C)c2ccccc21. The summed E-state index contributed by atoms with van der Waals surface area (Å²) in [6.45, 7) is 7.51. The molecule has 0 bridgehead atoms. The number of hydrogen-bond acceptors (Lipinski definition) is 4. The molecule has 0 aliphatic heterocycles. The van der Waals surface area contributed by atoms with E-state index in [2.05, 4.69) is 10.4 Å². The first-order chi connectivity index (χ1) is 12.3. The van der Waals surface area contributed by atoms with Crippen LogP contribution in [0.1, 0.15) is 57.4 Å².